The maximum atomic E-state index is 12.2. The highest BCUT2D eigenvalue weighted by Crippen LogP contribution is 2.13. The predicted molar refractivity (Wildman–Crippen MR) is 93.4 cm³/mol. The Morgan fingerprint density at radius 2 is 2.04 bits per heavy atom. The molecule has 6 nitrogen and oxygen atoms in total. The smallest absolute Gasteiger partial charge is 0.296 e. The van der Waals surface area contributed by atoms with E-state index in [4.69, 9.17) is 0 Å². The lowest BCUT2D eigenvalue weighted by atomic mass is 10.1. The minimum absolute atomic E-state index is 0.0743. The molecule has 3 aromatic rings. The molecule has 0 radical (unpaired) electrons. The number of aromatic nitrogens is 3. The molecule has 0 saturated carbocycles. The predicted octanol–water partition coefficient (Wildman–Crippen LogP) is 1.81. The number of amides is 1. The van der Waals surface area contributed by atoms with Crippen molar-refractivity contribution in [1.82, 2.24) is 19.9 Å². The lowest BCUT2D eigenvalue weighted by molar-refractivity contribution is -0.121. The van der Waals surface area contributed by atoms with Crippen molar-refractivity contribution in [2.75, 3.05) is 0 Å². The van der Waals surface area contributed by atoms with Crippen molar-refractivity contribution in [2.24, 2.45) is 0 Å². The molecule has 0 spiro atoms. The number of thiazole rings is 1. The van der Waals surface area contributed by atoms with Crippen molar-refractivity contribution in [3.05, 3.63) is 63.0 Å². The normalized spacial score (nSPS) is 11.1. The van der Waals surface area contributed by atoms with E-state index in [0.717, 1.165) is 11.3 Å². The zero-order valence-electron chi connectivity index (χ0n) is 13.5. The third-order valence-corrected chi connectivity index (χ3v) is 4.29. The number of rotatable bonds is 5. The highest BCUT2D eigenvalue weighted by atomic mass is 32.1. The van der Waals surface area contributed by atoms with Crippen LogP contribution < -0.4 is 10.9 Å². The van der Waals surface area contributed by atoms with Crippen LogP contribution in [-0.4, -0.2) is 26.5 Å². The van der Waals surface area contributed by atoms with E-state index < -0.39 is 0 Å². The second-order valence-electron chi connectivity index (χ2n) is 5.85. The highest BCUT2D eigenvalue weighted by Gasteiger charge is 2.14. The molecule has 0 aliphatic carbocycles. The van der Waals surface area contributed by atoms with E-state index in [1.807, 2.05) is 49.6 Å². The van der Waals surface area contributed by atoms with E-state index in [1.54, 1.807) is 4.52 Å². The van der Waals surface area contributed by atoms with Crippen LogP contribution in [0, 0.1) is 0 Å². The Morgan fingerprint density at radius 3 is 2.75 bits per heavy atom. The molecule has 124 valence electrons. The highest BCUT2D eigenvalue weighted by molar-refractivity contribution is 7.15. The first-order valence-corrected chi connectivity index (χ1v) is 8.60. The van der Waals surface area contributed by atoms with Crippen molar-refractivity contribution in [3.8, 4) is 0 Å². The van der Waals surface area contributed by atoms with Gasteiger partial charge in [0.05, 0.1) is 12.1 Å². The van der Waals surface area contributed by atoms with Crippen LogP contribution in [0.1, 0.15) is 30.8 Å². The van der Waals surface area contributed by atoms with E-state index >= 15 is 0 Å². The van der Waals surface area contributed by atoms with Crippen LogP contribution in [0.3, 0.4) is 0 Å². The van der Waals surface area contributed by atoms with Crippen molar-refractivity contribution in [3.63, 3.8) is 0 Å². The molecule has 3 rings (SSSR count). The number of carbonyl (C=O) groups is 1. The quantitative estimate of drug-likeness (QED) is 0.767. The fraction of sp³-hybridized carbons (Fsp3) is 0.294. The van der Waals surface area contributed by atoms with Gasteiger partial charge in [-0.3, -0.25) is 9.59 Å². The Hall–Kier alpha value is -2.54. The molecule has 1 N–H and O–H groups in total. The van der Waals surface area contributed by atoms with Gasteiger partial charge in [0.25, 0.3) is 5.56 Å². The number of hydrogen-bond acceptors (Lipinski definition) is 5. The van der Waals surface area contributed by atoms with Gasteiger partial charge in [-0.05, 0) is 19.4 Å². The molecule has 7 heteroatoms. The summed E-state index contributed by atoms with van der Waals surface area (Å²) in [5.41, 5.74) is 1.79. The average Bonchev–Trinajstić information content (AvgIpc) is 2.90. The third-order valence-electron chi connectivity index (χ3n) is 3.42. The third kappa shape index (κ3) is 3.68. The SMILES string of the molecule is CC(C)NC(=O)Cc1csc2nc(=O)c(Cc3ccccc3)nn12. The van der Waals surface area contributed by atoms with Crippen LogP contribution in [0.25, 0.3) is 4.96 Å². The summed E-state index contributed by atoms with van der Waals surface area (Å²) in [6.07, 6.45) is 0.629. The van der Waals surface area contributed by atoms with Gasteiger partial charge in [0.2, 0.25) is 10.9 Å². The summed E-state index contributed by atoms with van der Waals surface area (Å²) in [5, 5.41) is 9.11. The monoisotopic (exact) mass is 342 g/mol. The first kappa shape index (κ1) is 16.3. The summed E-state index contributed by atoms with van der Waals surface area (Å²) in [6.45, 7) is 3.83. The maximum absolute atomic E-state index is 12.2. The number of nitrogens with one attached hydrogen (secondary N) is 1. The minimum Gasteiger partial charge on any atom is -0.354 e. The Balaban J connectivity index is 1.92. The van der Waals surface area contributed by atoms with Gasteiger partial charge in [-0.25, -0.2) is 4.52 Å². The topological polar surface area (TPSA) is 76.4 Å². The van der Waals surface area contributed by atoms with E-state index in [1.165, 1.54) is 11.3 Å². The summed E-state index contributed by atoms with van der Waals surface area (Å²) in [4.78, 5) is 28.7. The van der Waals surface area contributed by atoms with Crippen LogP contribution in [0.5, 0.6) is 0 Å². The molecule has 2 aromatic heterocycles. The fourth-order valence-electron chi connectivity index (χ4n) is 2.39. The van der Waals surface area contributed by atoms with E-state index in [-0.39, 0.29) is 23.9 Å². The number of nitrogens with zero attached hydrogens (tertiary/aromatic N) is 3. The second kappa shape index (κ2) is 6.92. The van der Waals surface area contributed by atoms with Crippen LogP contribution >= 0.6 is 11.3 Å². The van der Waals surface area contributed by atoms with E-state index in [9.17, 15) is 9.59 Å². The molecule has 0 fully saturated rings. The Morgan fingerprint density at radius 1 is 1.29 bits per heavy atom. The standard InChI is InChI=1S/C17H18N4O2S/c1-11(2)18-15(22)9-13-10-24-17-19-16(23)14(20-21(13)17)8-12-6-4-3-5-7-12/h3-7,10-11H,8-9H2,1-2H3,(H,18,22). The van der Waals surface area contributed by atoms with Gasteiger partial charge in [0.15, 0.2) is 0 Å². The van der Waals surface area contributed by atoms with Crippen LogP contribution in [-0.2, 0) is 17.6 Å². The molecule has 24 heavy (non-hydrogen) atoms. The Kier molecular flexibility index (Phi) is 4.71. The van der Waals surface area contributed by atoms with Crippen molar-refractivity contribution < 1.29 is 4.79 Å². The van der Waals surface area contributed by atoms with Gasteiger partial charge in [-0.15, -0.1) is 11.3 Å². The minimum atomic E-state index is -0.320. The van der Waals surface area contributed by atoms with Gasteiger partial charge >= 0.3 is 0 Å². The molecule has 0 atom stereocenters. The fourth-order valence-corrected chi connectivity index (χ4v) is 3.21. The lowest BCUT2D eigenvalue weighted by Crippen LogP contribution is -2.32. The summed E-state index contributed by atoms with van der Waals surface area (Å²) >= 11 is 1.31. The van der Waals surface area contributed by atoms with Crippen molar-refractivity contribution in [1.29, 1.82) is 0 Å². The molecule has 1 aromatic carbocycles. The zero-order chi connectivity index (χ0) is 17.1. The van der Waals surface area contributed by atoms with Gasteiger partial charge in [-0.2, -0.15) is 10.1 Å². The molecule has 2 heterocycles. The molecular weight excluding hydrogens is 324 g/mol. The molecule has 1 amide bonds. The van der Waals surface area contributed by atoms with Gasteiger partial charge in [0, 0.05) is 17.8 Å². The molecule has 0 saturated heterocycles. The van der Waals surface area contributed by atoms with Gasteiger partial charge < -0.3 is 5.32 Å². The van der Waals surface area contributed by atoms with Crippen molar-refractivity contribution >= 4 is 22.2 Å². The average molecular weight is 342 g/mol. The summed E-state index contributed by atoms with van der Waals surface area (Å²) in [7, 11) is 0. The summed E-state index contributed by atoms with van der Waals surface area (Å²) in [5.74, 6) is -0.0743. The van der Waals surface area contributed by atoms with Crippen molar-refractivity contribution in [2.45, 2.75) is 32.7 Å². The molecule has 0 unspecified atom stereocenters. The first-order chi connectivity index (χ1) is 11.5. The Labute approximate surface area is 143 Å². The summed E-state index contributed by atoms with van der Waals surface area (Å²) in [6, 6.07) is 9.74. The molecule has 0 aliphatic heterocycles. The largest absolute Gasteiger partial charge is 0.354 e. The zero-order valence-corrected chi connectivity index (χ0v) is 14.3. The van der Waals surface area contributed by atoms with E-state index in [0.29, 0.717) is 17.1 Å². The van der Waals surface area contributed by atoms with Gasteiger partial charge in [-0.1, -0.05) is 30.3 Å². The van der Waals surface area contributed by atoms with Crippen LogP contribution in [0.4, 0.5) is 0 Å². The Bertz CT molecular complexity index is 915. The lowest BCUT2D eigenvalue weighted by Gasteiger charge is -2.08. The summed E-state index contributed by atoms with van der Waals surface area (Å²) < 4.78 is 1.60. The first-order valence-electron chi connectivity index (χ1n) is 7.72. The van der Waals surface area contributed by atoms with E-state index in [2.05, 4.69) is 15.4 Å². The second-order valence-corrected chi connectivity index (χ2v) is 6.68. The molecule has 0 bridgehead atoms. The van der Waals surface area contributed by atoms with Gasteiger partial charge in [0.1, 0.15) is 5.69 Å². The maximum Gasteiger partial charge on any atom is 0.296 e. The number of benzene rings is 1. The number of fused-ring (bicyclic) bond motifs is 1. The number of carbonyl (C=O) groups excluding carboxylic acids is 1. The number of hydrogen-bond donors (Lipinski definition) is 1. The molecule has 0 aliphatic rings. The van der Waals surface area contributed by atoms with Crippen LogP contribution in [0.2, 0.25) is 0 Å². The van der Waals surface area contributed by atoms with Crippen LogP contribution in [0.15, 0.2) is 40.5 Å². The molecular formula is C17H18N4O2S.